The summed E-state index contributed by atoms with van der Waals surface area (Å²) in [6.45, 7) is 0.527. The molecule has 0 bridgehead atoms. The minimum absolute atomic E-state index is 0.128. The zero-order chi connectivity index (χ0) is 20.5. The molecule has 0 unspecified atom stereocenters. The molecule has 2 aliphatic rings. The van der Waals surface area contributed by atoms with Crippen molar-refractivity contribution in [3.8, 4) is 0 Å². The molecule has 150 valence electrons. The summed E-state index contributed by atoms with van der Waals surface area (Å²) in [5.74, 6) is -1.12. The number of rotatable bonds is 5. The highest BCUT2D eigenvalue weighted by Crippen LogP contribution is 2.27. The number of carbonyl (C=O) groups is 3. The highest BCUT2D eigenvalue weighted by Gasteiger charge is 2.34. The fourth-order valence-corrected chi connectivity index (χ4v) is 4.23. The molecule has 1 fully saturated rings. The van der Waals surface area contributed by atoms with Gasteiger partial charge in [0.15, 0.2) is 0 Å². The molecule has 0 N–H and O–H groups in total. The van der Waals surface area contributed by atoms with Crippen LogP contribution in [0.2, 0.25) is 0 Å². The summed E-state index contributed by atoms with van der Waals surface area (Å²) < 4.78 is 13.2. The van der Waals surface area contributed by atoms with Crippen LogP contribution in [0.4, 0.5) is 4.39 Å². The molecule has 0 radical (unpaired) electrons. The number of hydrogen-bond donors (Lipinski definition) is 0. The largest absolute Gasteiger partial charge is 0.335 e. The minimum atomic E-state index is -0.377. The second-order valence-corrected chi connectivity index (χ2v) is 7.74. The molecule has 1 aliphatic heterocycles. The fraction of sp³-hybridized carbons (Fsp3) is 0.348. The van der Waals surface area contributed by atoms with Gasteiger partial charge in [-0.2, -0.15) is 0 Å². The van der Waals surface area contributed by atoms with Crippen LogP contribution in [0.5, 0.6) is 0 Å². The quantitative estimate of drug-likeness (QED) is 0.727. The third-order valence-electron chi connectivity index (χ3n) is 5.92. The number of fused-ring (bicyclic) bond motifs is 1. The van der Waals surface area contributed by atoms with Gasteiger partial charge in [0.05, 0.1) is 11.1 Å². The Bertz CT molecular complexity index is 965. The number of amides is 3. The molecule has 0 aromatic heterocycles. The number of carbonyl (C=O) groups excluding carboxylic acids is 3. The van der Waals surface area contributed by atoms with Crippen LogP contribution in [0, 0.1) is 5.82 Å². The van der Waals surface area contributed by atoms with E-state index >= 15 is 0 Å². The maximum atomic E-state index is 13.3. The van der Waals surface area contributed by atoms with E-state index in [0.717, 1.165) is 36.1 Å². The molecule has 5 nitrogen and oxygen atoms in total. The van der Waals surface area contributed by atoms with E-state index in [1.807, 2.05) is 4.90 Å². The summed E-state index contributed by atoms with van der Waals surface area (Å²) in [5, 5.41) is 0. The summed E-state index contributed by atoms with van der Waals surface area (Å²) in [4.78, 5) is 40.7. The average molecular weight is 394 g/mol. The van der Waals surface area contributed by atoms with E-state index in [0.29, 0.717) is 24.1 Å². The maximum Gasteiger partial charge on any atom is 0.261 e. The van der Waals surface area contributed by atoms with Crippen molar-refractivity contribution in [2.75, 3.05) is 13.6 Å². The molecule has 29 heavy (non-hydrogen) atoms. The Hall–Kier alpha value is -3.02. The number of nitrogens with zero attached hydrogens (tertiary/aromatic N) is 2. The van der Waals surface area contributed by atoms with Crippen molar-refractivity contribution in [2.24, 2.45) is 0 Å². The molecule has 2 aromatic carbocycles. The van der Waals surface area contributed by atoms with Crippen LogP contribution in [0.25, 0.3) is 0 Å². The normalized spacial score (nSPS) is 16.4. The van der Waals surface area contributed by atoms with Crippen molar-refractivity contribution in [3.05, 3.63) is 70.5 Å². The number of hydrogen-bond acceptors (Lipinski definition) is 3. The number of halogens is 1. The van der Waals surface area contributed by atoms with Crippen molar-refractivity contribution in [3.63, 3.8) is 0 Å². The molecule has 4 rings (SSSR count). The van der Waals surface area contributed by atoms with Crippen LogP contribution in [-0.2, 0) is 6.42 Å². The van der Waals surface area contributed by atoms with Gasteiger partial charge in [-0.05, 0) is 55.2 Å². The lowest BCUT2D eigenvalue weighted by atomic mass is 10.0. The van der Waals surface area contributed by atoms with Gasteiger partial charge in [-0.15, -0.1) is 0 Å². The third kappa shape index (κ3) is 3.67. The smallest absolute Gasteiger partial charge is 0.261 e. The lowest BCUT2D eigenvalue weighted by molar-refractivity contribution is 0.0679. The van der Waals surface area contributed by atoms with E-state index in [1.165, 1.54) is 19.2 Å². The SMILES string of the molecule is CN1C(=O)c2ccc(C(=O)N(CCc3ccc(F)cc3)C3CCCC3)cc2C1=O. The van der Waals surface area contributed by atoms with E-state index < -0.39 is 0 Å². The lowest BCUT2D eigenvalue weighted by Gasteiger charge is -2.29. The zero-order valence-electron chi connectivity index (χ0n) is 16.4. The summed E-state index contributed by atoms with van der Waals surface area (Å²) in [6.07, 6.45) is 4.73. The van der Waals surface area contributed by atoms with Gasteiger partial charge in [0, 0.05) is 25.2 Å². The standard InChI is InChI=1S/C23H23FN2O3/c1-25-22(28)19-11-8-16(14-20(19)23(25)29)21(27)26(18-4-2-3-5-18)13-12-15-6-9-17(24)10-7-15/h6-11,14,18H,2-5,12-13H2,1H3. The highest BCUT2D eigenvalue weighted by atomic mass is 19.1. The van der Waals surface area contributed by atoms with Gasteiger partial charge in [0.25, 0.3) is 17.7 Å². The highest BCUT2D eigenvalue weighted by molar-refractivity contribution is 6.21. The summed E-state index contributed by atoms with van der Waals surface area (Å²) in [6, 6.07) is 11.2. The second kappa shape index (κ2) is 7.78. The summed E-state index contributed by atoms with van der Waals surface area (Å²) in [7, 11) is 1.44. The third-order valence-corrected chi connectivity index (χ3v) is 5.92. The monoisotopic (exact) mass is 394 g/mol. The van der Waals surface area contributed by atoms with Crippen molar-refractivity contribution in [1.29, 1.82) is 0 Å². The zero-order valence-corrected chi connectivity index (χ0v) is 16.4. The van der Waals surface area contributed by atoms with Crippen molar-refractivity contribution >= 4 is 17.7 Å². The number of imide groups is 1. The van der Waals surface area contributed by atoms with E-state index in [-0.39, 0.29) is 35.1 Å². The molecule has 0 atom stereocenters. The van der Waals surface area contributed by atoms with E-state index in [9.17, 15) is 18.8 Å². The molecular weight excluding hydrogens is 371 g/mol. The molecular formula is C23H23FN2O3. The predicted octanol–water partition coefficient (Wildman–Crippen LogP) is 3.68. The molecule has 3 amide bonds. The lowest BCUT2D eigenvalue weighted by Crippen LogP contribution is -2.40. The Kier molecular flexibility index (Phi) is 5.18. The predicted molar refractivity (Wildman–Crippen MR) is 106 cm³/mol. The molecule has 0 saturated heterocycles. The van der Waals surface area contributed by atoms with Gasteiger partial charge in [-0.3, -0.25) is 19.3 Å². The van der Waals surface area contributed by atoms with E-state index in [4.69, 9.17) is 0 Å². The topological polar surface area (TPSA) is 57.7 Å². The van der Waals surface area contributed by atoms with Crippen LogP contribution in [0.3, 0.4) is 0 Å². The van der Waals surface area contributed by atoms with Crippen LogP contribution in [0.15, 0.2) is 42.5 Å². The van der Waals surface area contributed by atoms with Crippen LogP contribution < -0.4 is 0 Å². The van der Waals surface area contributed by atoms with Gasteiger partial charge >= 0.3 is 0 Å². The van der Waals surface area contributed by atoms with Gasteiger partial charge in [0.2, 0.25) is 0 Å². The van der Waals surface area contributed by atoms with Crippen LogP contribution >= 0.6 is 0 Å². The van der Waals surface area contributed by atoms with Gasteiger partial charge in [-0.25, -0.2) is 4.39 Å². The molecule has 6 heteroatoms. The second-order valence-electron chi connectivity index (χ2n) is 7.74. The molecule has 0 spiro atoms. The van der Waals surface area contributed by atoms with Crippen molar-refractivity contribution in [1.82, 2.24) is 9.80 Å². The Morgan fingerprint density at radius 2 is 1.69 bits per heavy atom. The Morgan fingerprint density at radius 3 is 2.38 bits per heavy atom. The van der Waals surface area contributed by atoms with Crippen LogP contribution in [-0.4, -0.2) is 47.2 Å². The van der Waals surface area contributed by atoms with Crippen molar-refractivity contribution < 1.29 is 18.8 Å². The van der Waals surface area contributed by atoms with Gasteiger partial charge in [-0.1, -0.05) is 25.0 Å². The average Bonchev–Trinajstić information content (AvgIpc) is 3.33. The first kappa shape index (κ1) is 19.3. The van der Waals surface area contributed by atoms with Gasteiger partial charge in [0.1, 0.15) is 5.82 Å². The first-order chi connectivity index (χ1) is 14.0. The van der Waals surface area contributed by atoms with E-state index in [2.05, 4.69) is 0 Å². The maximum absolute atomic E-state index is 13.3. The van der Waals surface area contributed by atoms with Crippen LogP contribution in [0.1, 0.15) is 62.3 Å². The van der Waals surface area contributed by atoms with Crippen molar-refractivity contribution in [2.45, 2.75) is 38.1 Å². The minimum Gasteiger partial charge on any atom is -0.335 e. The Labute approximate surface area is 169 Å². The molecule has 1 saturated carbocycles. The Morgan fingerprint density at radius 1 is 1.03 bits per heavy atom. The summed E-state index contributed by atoms with van der Waals surface area (Å²) >= 11 is 0. The first-order valence-electron chi connectivity index (χ1n) is 9.97. The molecule has 1 heterocycles. The van der Waals surface area contributed by atoms with Gasteiger partial charge < -0.3 is 4.90 Å². The summed E-state index contributed by atoms with van der Waals surface area (Å²) in [5.41, 5.74) is 2.02. The number of benzene rings is 2. The molecule has 2 aromatic rings. The Balaban J connectivity index is 1.58. The van der Waals surface area contributed by atoms with E-state index in [1.54, 1.807) is 30.3 Å². The molecule has 1 aliphatic carbocycles. The fourth-order valence-electron chi connectivity index (χ4n) is 4.23. The first-order valence-corrected chi connectivity index (χ1v) is 9.97.